The molecule has 108 valence electrons. The van der Waals surface area contributed by atoms with Crippen molar-refractivity contribution in [1.82, 2.24) is 14.9 Å². The van der Waals surface area contributed by atoms with Crippen LogP contribution in [-0.2, 0) is 13.5 Å². The fraction of sp³-hybridized carbons (Fsp3) is 0.812. The van der Waals surface area contributed by atoms with Crippen molar-refractivity contribution in [1.29, 1.82) is 0 Å². The minimum atomic E-state index is 0.692. The maximum absolute atomic E-state index is 4.45. The zero-order valence-electron chi connectivity index (χ0n) is 12.6. The van der Waals surface area contributed by atoms with Crippen molar-refractivity contribution < 1.29 is 0 Å². The van der Waals surface area contributed by atoms with Gasteiger partial charge in [-0.2, -0.15) is 0 Å². The van der Waals surface area contributed by atoms with Gasteiger partial charge < -0.3 is 9.88 Å². The Bertz CT molecular complexity index is 353. The van der Waals surface area contributed by atoms with E-state index in [4.69, 9.17) is 0 Å². The molecule has 0 aliphatic heterocycles. The smallest absolute Gasteiger partial charge is 0.108 e. The molecule has 0 amide bonds. The lowest BCUT2D eigenvalue weighted by Crippen LogP contribution is -2.38. The van der Waals surface area contributed by atoms with E-state index in [9.17, 15) is 0 Å². The van der Waals surface area contributed by atoms with Crippen LogP contribution in [0.4, 0.5) is 0 Å². The summed E-state index contributed by atoms with van der Waals surface area (Å²) in [5.41, 5.74) is 0. The summed E-state index contributed by atoms with van der Waals surface area (Å²) >= 11 is 0. The predicted molar refractivity (Wildman–Crippen MR) is 80.2 cm³/mol. The van der Waals surface area contributed by atoms with Crippen LogP contribution in [0, 0.1) is 5.92 Å². The van der Waals surface area contributed by atoms with Gasteiger partial charge in [-0.15, -0.1) is 0 Å². The normalized spacial score (nSPS) is 18.6. The third kappa shape index (κ3) is 4.34. The maximum Gasteiger partial charge on any atom is 0.108 e. The summed E-state index contributed by atoms with van der Waals surface area (Å²) in [6.45, 7) is 3.41. The van der Waals surface area contributed by atoms with Crippen LogP contribution in [0.5, 0.6) is 0 Å². The molecule has 3 heteroatoms. The van der Waals surface area contributed by atoms with Gasteiger partial charge in [0.15, 0.2) is 0 Å². The van der Waals surface area contributed by atoms with Gasteiger partial charge in [-0.3, -0.25) is 0 Å². The van der Waals surface area contributed by atoms with Crippen molar-refractivity contribution in [2.45, 2.75) is 64.3 Å². The number of aromatic nitrogens is 2. The Kier molecular flexibility index (Phi) is 5.90. The number of imidazole rings is 1. The van der Waals surface area contributed by atoms with E-state index >= 15 is 0 Å². The van der Waals surface area contributed by atoms with Gasteiger partial charge in [-0.25, -0.2) is 4.98 Å². The second-order valence-corrected chi connectivity index (χ2v) is 5.95. The van der Waals surface area contributed by atoms with Gasteiger partial charge in [-0.1, -0.05) is 26.2 Å². The summed E-state index contributed by atoms with van der Waals surface area (Å²) in [7, 11) is 2.09. The van der Waals surface area contributed by atoms with Crippen LogP contribution in [-0.4, -0.2) is 22.1 Å². The lowest BCUT2D eigenvalue weighted by Gasteiger charge is -2.31. The van der Waals surface area contributed by atoms with Crippen LogP contribution in [0.15, 0.2) is 12.4 Å². The molecule has 1 N–H and O–H groups in total. The Morgan fingerprint density at radius 2 is 2.16 bits per heavy atom. The molecule has 1 fully saturated rings. The van der Waals surface area contributed by atoms with Crippen LogP contribution in [0.2, 0.25) is 0 Å². The lowest BCUT2D eigenvalue weighted by atomic mass is 9.82. The largest absolute Gasteiger partial charge is 0.338 e. The minimum Gasteiger partial charge on any atom is -0.338 e. The van der Waals surface area contributed by atoms with Crippen molar-refractivity contribution in [2.24, 2.45) is 13.0 Å². The molecular weight excluding hydrogens is 234 g/mol. The fourth-order valence-corrected chi connectivity index (χ4v) is 3.29. The topological polar surface area (TPSA) is 29.9 Å². The van der Waals surface area contributed by atoms with Gasteiger partial charge >= 0.3 is 0 Å². The third-order valence-corrected chi connectivity index (χ3v) is 4.48. The maximum atomic E-state index is 4.45. The number of nitrogens with one attached hydrogen (secondary N) is 1. The van der Waals surface area contributed by atoms with E-state index in [0.29, 0.717) is 6.04 Å². The molecule has 0 spiro atoms. The molecule has 1 aliphatic rings. The molecule has 1 aliphatic carbocycles. The van der Waals surface area contributed by atoms with Crippen molar-refractivity contribution in [3.63, 3.8) is 0 Å². The highest BCUT2D eigenvalue weighted by molar-refractivity contribution is 4.93. The molecule has 0 bridgehead atoms. The number of rotatable bonds is 7. The Morgan fingerprint density at radius 1 is 1.37 bits per heavy atom. The van der Waals surface area contributed by atoms with E-state index in [1.807, 2.05) is 12.4 Å². The summed E-state index contributed by atoms with van der Waals surface area (Å²) in [6.07, 6.45) is 14.6. The Labute approximate surface area is 117 Å². The number of hydrogen-bond acceptors (Lipinski definition) is 2. The average molecular weight is 263 g/mol. The molecule has 0 radical (unpaired) electrons. The number of nitrogens with zero attached hydrogens (tertiary/aromatic N) is 2. The van der Waals surface area contributed by atoms with Gasteiger partial charge in [0.25, 0.3) is 0 Å². The summed E-state index contributed by atoms with van der Waals surface area (Å²) in [6, 6.07) is 0.692. The molecule has 19 heavy (non-hydrogen) atoms. The standard InChI is InChI=1S/C16H29N3/c1-3-11-17-15(14-7-5-4-6-8-14)9-10-16-18-12-13-19(16)2/h12-15,17H,3-11H2,1-2H3. The Balaban J connectivity index is 1.87. The average Bonchev–Trinajstić information content (AvgIpc) is 2.85. The molecule has 0 saturated heterocycles. The van der Waals surface area contributed by atoms with Gasteiger partial charge in [0.05, 0.1) is 0 Å². The second-order valence-electron chi connectivity index (χ2n) is 5.95. The van der Waals surface area contributed by atoms with E-state index in [0.717, 1.165) is 18.9 Å². The SMILES string of the molecule is CCCNC(CCc1nccn1C)C1CCCCC1. The molecule has 1 aromatic rings. The third-order valence-electron chi connectivity index (χ3n) is 4.48. The van der Waals surface area contributed by atoms with E-state index in [1.165, 1.54) is 50.8 Å². The second kappa shape index (κ2) is 7.68. The van der Waals surface area contributed by atoms with E-state index in [-0.39, 0.29) is 0 Å². The molecule has 1 atom stereocenters. The van der Waals surface area contributed by atoms with E-state index < -0.39 is 0 Å². The Hall–Kier alpha value is -0.830. The molecule has 0 aromatic carbocycles. The molecular formula is C16H29N3. The van der Waals surface area contributed by atoms with Crippen LogP contribution < -0.4 is 5.32 Å². The Morgan fingerprint density at radius 3 is 2.79 bits per heavy atom. The predicted octanol–water partition coefficient (Wildman–Crippen LogP) is 3.30. The fourth-order valence-electron chi connectivity index (χ4n) is 3.29. The van der Waals surface area contributed by atoms with Crippen molar-refractivity contribution in [3.05, 3.63) is 18.2 Å². The zero-order valence-corrected chi connectivity index (χ0v) is 12.6. The van der Waals surface area contributed by atoms with Crippen LogP contribution >= 0.6 is 0 Å². The van der Waals surface area contributed by atoms with Gasteiger partial charge in [0.2, 0.25) is 0 Å². The van der Waals surface area contributed by atoms with Crippen LogP contribution in [0.3, 0.4) is 0 Å². The van der Waals surface area contributed by atoms with E-state index in [1.54, 1.807) is 0 Å². The summed E-state index contributed by atoms with van der Waals surface area (Å²) in [5, 5.41) is 3.78. The first kappa shape index (κ1) is 14.6. The highest BCUT2D eigenvalue weighted by Crippen LogP contribution is 2.28. The molecule has 1 saturated carbocycles. The van der Waals surface area contributed by atoms with Gasteiger partial charge in [0, 0.05) is 31.9 Å². The van der Waals surface area contributed by atoms with Gasteiger partial charge in [0.1, 0.15) is 5.82 Å². The lowest BCUT2D eigenvalue weighted by molar-refractivity contribution is 0.257. The zero-order chi connectivity index (χ0) is 13.5. The molecule has 2 rings (SSSR count). The highest BCUT2D eigenvalue weighted by atomic mass is 15.0. The highest BCUT2D eigenvalue weighted by Gasteiger charge is 2.23. The number of aryl methyl sites for hydroxylation is 2. The minimum absolute atomic E-state index is 0.692. The number of hydrogen-bond donors (Lipinski definition) is 1. The summed E-state index contributed by atoms with van der Waals surface area (Å²) in [5.74, 6) is 2.11. The molecule has 1 unspecified atom stereocenters. The van der Waals surface area contributed by atoms with E-state index in [2.05, 4.69) is 28.8 Å². The quantitative estimate of drug-likeness (QED) is 0.818. The first-order valence-corrected chi connectivity index (χ1v) is 8.01. The summed E-state index contributed by atoms with van der Waals surface area (Å²) < 4.78 is 2.15. The van der Waals surface area contributed by atoms with Crippen molar-refractivity contribution in [3.8, 4) is 0 Å². The first-order chi connectivity index (χ1) is 9.31. The molecule has 3 nitrogen and oxygen atoms in total. The molecule has 1 heterocycles. The monoisotopic (exact) mass is 263 g/mol. The van der Waals surface area contributed by atoms with Crippen LogP contribution in [0.1, 0.15) is 57.7 Å². The molecule has 1 aromatic heterocycles. The van der Waals surface area contributed by atoms with Crippen molar-refractivity contribution >= 4 is 0 Å². The van der Waals surface area contributed by atoms with Crippen LogP contribution in [0.25, 0.3) is 0 Å². The first-order valence-electron chi connectivity index (χ1n) is 8.01. The van der Waals surface area contributed by atoms with Crippen molar-refractivity contribution in [2.75, 3.05) is 6.54 Å². The van der Waals surface area contributed by atoms with Gasteiger partial charge in [-0.05, 0) is 38.1 Å². The summed E-state index contributed by atoms with van der Waals surface area (Å²) in [4.78, 5) is 4.45.